The number of ketones is 1. The lowest BCUT2D eigenvalue weighted by molar-refractivity contribution is 0.102. The van der Waals surface area contributed by atoms with Crippen molar-refractivity contribution in [1.82, 2.24) is 0 Å². The standard InChI is InChI=1S/C9H8OS/c10-9-6-11-5-7-3-1-2-4-8(7)9/h1-4H,5-6H2. The van der Waals surface area contributed by atoms with Gasteiger partial charge in [0.25, 0.3) is 0 Å². The molecule has 2 rings (SSSR count). The maximum Gasteiger partial charge on any atom is 0.173 e. The van der Waals surface area contributed by atoms with E-state index in [0.717, 1.165) is 11.3 Å². The van der Waals surface area contributed by atoms with Crippen LogP contribution in [0.3, 0.4) is 0 Å². The molecular formula is C9H8OS. The number of hydrogen-bond acceptors (Lipinski definition) is 2. The molecule has 1 aliphatic heterocycles. The third-order valence-corrected chi connectivity index (χ3v) is 2.79. The fraction of sp³-hybridized carbons (Fsp3) is 0.222. The van der Waals surface area contributed by atoms with Gasteiger partial charge < -0.3 is 0 Å². The highest BCUT2D eigenvalue weighted by molar-refractivity contribution is 7.99. The number of Topliss-reactive ketones (excluding diaryl/α,β-unsaturated/α-hetero) is 1. The molecule has 2 heteroatoms. The number of thioether (sulfide) groups is 1. The fourth-order valence-corrected chi connectivity index (χ4v) is 2.16. The van der Waals surface area contributed by atoms with Gasteiger partial charge in [0.1, 0.15) is 0 Å². The molecule has 1 aromatic carbocycles. The van der Waals surface area contributed by atoms with Gasteiger partial charge in [0, 0.05) is 11.3 Å². The molecule has 56 valence electrons. The molecular weight excluding hydrogens is 156 g/mol. The van der Waals surface area contributed by atoms with E-state index in [-0.39, 0.29) is 5.78 Å². The number of hydrogen-bond donors (Lipinski definition) is 0. The quantitative estimate of drug-likeness (QED) is 0.584. The molecule has 1 nitrogen and oxygen atoms in total. The van der Waals surface area contributed by atoms with E-state index in [9.17, 15) is 4.79 Å². The lowest BCUT2D eigenvalue weighted by atomic mass is 10.1. The Labute approximate surface area is 69.8 Å². The predicted molar refractivity (Wildman–Crippen MR) is 46.9 cm³/mol. The van der Waals surface area contributed by atoms with E-state index >= 15 is 0 Å². The fourth-order valence-electron chi connectivity index (χ4n) is 1.25. The molecule has 0 atom stereocenters. The Kier molecular flexibility index (Phi) is 1.70. The molecule has 0 unspecified atom stereocenters. The zero-order valence-corrected chi connectivity index (χ0v) is 6.86. The van der Waals surface area contributed by atoms with Gasteiger partial charge >= 0.3 is 0 Å². The SMILES string of the molecule is O=C1CSCc2ccccc21. The van der Waals surface area contributed by atoms with Gasteiger partial charge in [-0.1, -0.05) is 24.3 Å². The van der Waals surface area contributed by atoms with E-state index in [1.54, 1.807) is 11.8 Å². The highest BCUT2D eigenvalue weighted by atomic mass is 32.2. The minimum absolute atomic E-state index is 0.275. The zero-order valence-electron chi connectivity index (χ0n) is 6.04. The lowest BCUT2D eigenvalue weighted by Gasteiger charge is -2.12. The molecule has 0 saturated heterocycles. The summed E-state index contributed by atoms with van der Waals surface area (Å²) in [5.41, 5.74) is 2.11. The molecule has 0 amide bonds. The monoisotopic (exact) mass is 164 g/mol. The second-order valence-corrected chi connectivity index (χ2v) is 3.56. The summed E-state index contributed by atoms with van der Waals surface area (Å²) in [6.45, 7) is 0. The molecule has 0 aliphatic carbocycles. The van der Waals surface area contributed by atoms with E-state index in [2.05, 4.69) is 0 Å². The third-order valence-electron chi connectivity index (χ3n) is 1.81. The molecule has 1 aromatic rings. The number of benzene rings is 1. The summed E-state index contributed by atoms with van der Waals surface area (Å²) in [6.07, 6.45) is 0. The smallest absolute Gasteiger partial charge is 0.173 e. The van der Waals surface area contributed by atoms with Gasteiger partial charge in [-0.3, -0.25) is 4.79 Å². The van der Waals surface area contributed by atoms with Crippen molar-refractivity contribution in [2.75, 3.05) is 5.75 Å². The van der Waals surface area contributed by atoms with Crippen LogP contribution in [0.1, 0.15) is 15.9 Å². The van der Waals surface area contributed by atoms with Crippen molar-refractivity contribution in [2.45, 2.75) is 5.75 Å². The van der Waals surface area contributed by atoms with Crippen LogP contribution in [0, 0.1) is 0 Å². The molecule has 0 aromatic heterocycles. The highest BCUT2D eigenvalue weighted by Crippen LogP contribution is 2.23. The van der Waals surface area contributed by atoms with Crippen LogP contribution in [0.2, 0.25) is 0 Å². The third kappa shape index (κ3) is 1.18. The molecule has 11 heavy (non-hydrogen) atoms. The number of carbonyl (C=O) groups excluding carboxylic acids is 1. The molecule has 1 aliphatic rings. The highest BCUT2D eigenvalue weighted by Gasteiger charge is 2.15. The van der Waals surface area contributed by atoms with Crippen molar-refractivity contribution in [3.05, 3.63) is 35.4 Å². The first kappa shape index (κ1) is 6.92. The Balaban J connectivity index is 2.52. The Morgan fingerprint density at radius 1 is 1.18 bits per heavy atom. The summed E-state index contributed by atoms with van der Waals surface area (Å²) >= 11 is 1.70. The van der Waals surface area contributed by atoms with Gasteiger partial charge in [-0.15, -0.1) is 11.8 Å². The van der Waals surface area contributed by atoms with E-state index in [4.69, 9.17) is 0 Å². The minimum Gasteiger partial charge on any atom is -0.293 e. The van der Waals surface area contributed by atoms with Crippen molar-refractivity contribution in [3.8, 4) is 0 Å². The average molecular weight is 164 g/mol. The summed E-state index contributed by atoms with van der Waals surface area (Å²) in [4.78, 5) is 11.3. The normalized spacial score (nSPS) is 16.2. The van der Waals surface area contributed by atoms with Crippen LogP contribution in [-0.4, -0.2) is 11.5 Å². The Hall–Kier alpha value is -0.760. The maximum absolute atomic E-state index is 11.3. The van der Waals surface area contributed by atoms with E-state index in [0.29, 0.717) is 5.75 Å². The largest absolute Gasteiger partial charge is 0.293 e. The molecule has 0 spiro atoms. The van der Waals surface area contributed by atoms with Crippen molar-refractivity contribution in [2.24, 2.45) is 0 Å². The lowest BCUT2D eigenvalue weighted by Crippen LogP contribution is -2.10. The second kappa shape index (κ2) is 2.70. The van der Waals surface area contributed by atoms with Crippen LogP contribution in [0.15, 0.2) is 24.3 Å². The number of carbonyl (C=O) groups is 1. The summed E-state index contributed by atoms with van der Waals surface area (Å²) in [7, 11) is 0. The molecule has 0 bridgehead atoms. The molecule has 1 heterocycles. The van der Waals surface area contributed by atoms with Crippen LogP contribution in [-0.2, 0) is 5.75 Å². The van der Waals surface area contributed by atoms with Crippen LogP contribution in [0.25, 0.3) is 0 Å². The van der Waals surface area contributed by atoms with Crippen molar-refractivity contribution in [1.29, 1.82) is 0 Å². The predicted octanol–water partition coefficient (Wildman–Crippen LogP) is 2.12. The Morgan fingerprint density at radius 2 is 2.00 bits per heavy atom. The van der Waals surface area contributed by atoms with Gasteiger partial charge in [-0.25, -0.2) is 0 Å². The van der Waals surface area contributed by atoms with E-state index in [1.807, 2.05) is 24.3 Å². The van der Waals surface area contributed by atoms with Crippen LogP contribution >= 0.6 is 11.8 Å². The molecule has 0 N–H and O–H groups in total. The first-order valence-electron chi connectivity index (χ1n) is 3.57. The van der Waals surface area contributed by atoms with Crippen molar-refractivity contribution < 1.29 is 4.79 Å². The van der Waals surface area contributed by atoms with Gasteiger partial charge in [0.05, 0.1) is 5.75 Å². The molecule has 0 radical (unpaired) electrons. The summed E-state index contributed by atoms with van der Waals surface area (Å²) in [6, 6.07) is 7.85. The summed E-state index contributed by atoms with van der Waals surface area (Å²) in [5, 5.41) is 0. The van der Waals surface area contributed by atoms with Gasteiger partial charge in [0.15, 0.2) is 5.78 Å². The van der Waals surface area contributed by atoms with E-state index in [1.165, 1.54) is 5.56 Å². The molecule has 0 fully saturated rings. The van der Waals surface area contributed by atoms with Gasteiger partial charge in [-0.2, -0.15) is 0 Å². The number of fused-ring (bicyclic) bond motifs is 1. The number of rotatable bonds is 0. The Bertz CT molecular complexity index is 293. The minimum atomic E-state index is 0.275. The first-order chi connectivity index (χ1) is 5.38. The van der Waals surface area contributed by atoms with E-state index < -0.39 is 0 Å². The van der Waals surface area contributed by atoms with Gasteiger partial charge in [0.2, 0.25) is 0 Å². The van der Waals surface area contributed by atoms with Gasteiger partial charge in [-0.05, 0) is 5.56 Å². The van der Waals surface area contributed by atoms with Crippen LogP contribution < -0.4 is 0 Å². The topological polar surface area (TPSA) is 17.1 Å². The maximum atomic E-state index is 11.3. The second-order valence-electron chi connectivity index (χ2n) is 2.57. The van der Waals surface area contributed by atoms with Crippen LogP contribution in [0.4, 0.5) is 0 Å². The summed E-state index contributed by atoms with van der Waals surface area (Å²) in [5.74, 6) is 1.91. The van der Waals surface area contributed by atoms with Crippen molar-refractivity contribution >= 4 is 17.5 Å². The zero-order chi connectivity index (χ0) is 7.68. The Morgan fingerprint density at radius 3 is 2.82 bits per heavy atom. The van der Waals surface area contributed by atoms with Crippen molar-refractivity contribution in [3.63, 3.8) is 0 Å². The summed E-state index contributed by atoms with van der Waals surface area (Å²) < 4.78 is 0. The van der Waals surface area contributed by atoms with Crippen LogP contribution in [0.5, 0.6) is 0 Å². The average Bonchev–Trinajstić information content (AvgIpc) is 2.06. The first-order valence-corrected chi connectivity index (χ1v) is 4.72. The molecule has 0 saturated carbocycles.